The standard InChI is InChI=1S/C28H34N6O2/c1-19(2)26(27-30-31-32-34(27)18-24-10-7-13-36-24)33(16-21-8-5-4-6-9-21)17-23-15-22-12-11-20(3)14-25(22)29-28(23)35/h4-6,8-9,11-12,14-15,19,24,26H,7,10,13,16-18H2,1-3H3,(H,29,35)/t24-,26-/m0/s1. The molecule has 8 nitrogen and oxygen atoms in total. The van der Waals surface area contributed by atoms with Gasteiger partial charge in [-0.2, -0.15) is 0 Å². The molecule has 8 heteroatoms. The molecule has 2 atom stereocenters. The molecule has 1 aliphatic heterocycles. The second-order valence-corrected chi connectivity index (χ2v) is 10.1. The monoisotopic (exact) mass is 486 g/mol. The van der Waals surface area contributed by atoms with Crippen LogP contribution in [0.3, 0.4) is 0 Å². The average Bonchev–Trinajstić information content (AvgIpc) is 3.53. The highest BCUT2D eigenvalue weighted by Gasteiger charge is 2.31. The SMILES string of the molecule is Cc1ccc2cc(CN(Cc3ccccc3)[C@H](c3nnnn3C[C@@H]3CCCO3)C(C)C)c(=O)[nH]c2c1. The average molecular weight is 487 g/mol. The van der Waals surface area contributed by atoms with Crippen LogP contribution < -0.4 is 5.56 Å². The zero-order valence-electron chi connectivity index (χ0n) is 21.2. The molecule has 2 aromatic carbocycles. The van der Waals surface area contributed by atoms with E-state index in [0.29, 0.717) is 19.6 Å². The number of pyridine rings is 1. The van der Waals surface area contributed by atoms with Crippen molar-refractivity contribution in [1.82, 2.24) is 30.1 Å². The van der Waals surface area contributed by atoms with E-state index in [-0.39, 0.29) is 23.6 Å². The molecule has 5 rings (SSSR count). The molecule has 1 aliphatic rings. The molecule has 1 saturated heterocycles. The predicted molar refractivity (Wildman–Crippen MR) is 139 cm³/mol. The molecule has 0 aliphatic carbocycles. The van der Waals surface area contributed by atoms with Gasteiger partial charge in [-0.05, 0) is 64.8 Å². The summed E-state index contributed by atoms with van der Waals surface area (Å²) in [6.45, 7) is 8.97. The molecule has 1 N–H and O–H groups in total. The number of nitrogens with one attached hydrogen (secondary N) is 1. The first kappa shape index (κ1) is 24.3. The maximum atomic E-state index is 13.2. The number of nitrogens with zero attached hydrogens (tertiary/aromatic N) is 5. The van der Waals surface area contributed by atoms with Crippen molar-refractivity contribution in [3.05, 3.63) is 87.5 Å². The van der Waals surface area contributed by atoms with E-state index in [4.69, 9.17) is 4.74 Å². The summed E-state index contributed by atoms with van der Waals surface area (Å²) in [5, 5.41) is 13.9. The minimum Gasteiger partial charge on any atom is -0.376 e. The molecule has 1 fully saturated rings. The van der Waals surface area contributed by atoms with Crippen LogP contribution in [0.15, 0.2) is 59.4 Å². The zero-order chi connectivity index (χ0) is 25.1. The zero-order valence-corrected chi connectivity index (χ0v) is 21.2. The first-order valence-corrected chi connectivity index (χ1v) is 12.8. The van der Waals surface area contributed by atoms with E-state index in [1.165, 1.54) is 5.56 Å². The van der Waals surface area contributed by atoms with Crippen molar-refractivity contribution in [2.75, 3.05) is 6.61 Å². The van der Waals surface area contributed by atoms with Gasteiger partial charge in [0, 0.05) is 30.8 Å². The van der Waals surface area contributed by atoms with Gasteiger partial charge in [0.15, 0.2) is 5.82 Å². The van der Waals surface area contributed by atoms with Crippen molar-refractivity contribution in [1.29, 1.82) is 0 Å². The Labute approximate surface area is 211 Å². The largest absolute Gasteiger partial charge is 0.376 e. The van der Waals surface area contributed by atoms with Gasteiger partial charge in [0.05, 0.1) is 18.7 Å². The van der Waals surface area contributed by atoms with Crippen LogP contribution in [0.4, 0.5) is 0 Å². The Morgan fingerprint density at radius 3 is 2.72 bits per heavy atom. The van der Waals surface area contributed by atoms with Gasteiger partial charge in [-0.15, -0.1) is 5.10 Å². The van der Waals surface area contributed by atoms with E-state index < -0.39 is 0 Å². The lowest BCUT2D eigenvalue weighted by atomic mass is 9.99. The number of aromatic amines is 1. The summed E-state index contributed by atoms with van der Waals surface area (Å²) in [5.41, 5.74) is 3.82. The lowest BCUT2D eigenvalue weighted by molar-refractivity contribution is 0.0851. The summed E-state index contributed by atoms with van der Waals surface area (Å²) >= 11 is 0. The molecule has 4 aromatic rings. The Hall–Kier alpha value is -3.36. The van der Waals surface area contributed by atoms with E-state index in [2.05, 4.69) is 63.5 Å². The topological polar surface area (TPSA) is 88.9 Å². The summed E-state index contributed by atoms with van der Waals surface area (Å²) in [7, 11) is 0. The van der Waals surface area contributed by atoms with Crippen LogP contribution in [-0.2, 0) is 24.4 Å². The Morgan fingerprint density at radius 2 is 1.97 bits per heavy atom. The lowest BCUT2D eigenvalue weighted by Crippen LogP contribution is -2.36. The lowest BCUT2D eigenvalue weighted by Gasteiger charge is -2.33. The Balaban J connectivity index is 1.52. The number of ether oxygens (including phenoxy) is 1. The molecule has 0 radical (unpaired) electrons. The molecule has 0 amide bonds. The highest BCUT2D eigenvalue weighted by Crippen LogP contribution is 2.31. The van der Waals surface area contributed by atoms with Crippen molar-refractivity contribution >= 4 is 10.9 Å². The van der Waals surface area contributed by atoms with Gasteiger partial charge in [0.1, 0.15) is 0 Å². The van der Waals surface area contributed by atoms with E-state index >= 15 is 0 Å². The summed E-state index contributed by atoms with van der Waals surface area (Å²) in [4.78, 5) is 18.6. The summed E-state index contributed by atoms with van der Waals surface area (Å²) in [5.74, 6) is 1.02. The van der Waals surface area contributed by atoms with Gasteiger partial charge in [-0.25, -0.2) is 4.68 Å². The number of aromatic nitrogens is 5. The molecular formula is C28H34N6O2. The van der Waals surface area contributed by atoms with Crippen LogP contribution in [0.5, 0.6) is 0 Å². The minimum absolute atomic E-state index is 0.0624. The first-order valence-electron chi connectivity index (χ1n) is 12.8. The van der Waals surface area contributed by atoms with E-state index in [0.717, 1.165) is 47.3 Å². The molecule has 0 unspecified atom stereocenters. The van der Waals surface area contributed by atoms with Crippen LogP contribution >= 0.6 is 0 Å². The number of fused-ring (bicyclic) bond motifs is 1. The van der Waals surface area contributed by atoms with Crippen molar-refractivity contribution in [3.63, 3.8) is 0 Å². The smallest absolute Gasteiger partial charge is 0.252 e. The Morgan fingerprint density at radius 1 is 1.14 bits per heavy atom. The Kier molecular flexibility index (Phi) is 7.25. The van der Waals surface area contributed by atoms with Crippen LogP contribution in [-0.4, -0.2) is 42.8 Å². The number of hydrogen-bond acceptors (Lipinski definition) is 6. The maximum Gasteiger partial charge on any atom is 0.252 e. The third-order valence-electron chi connectivity index (χ3n) is 6.93. The van der Waals surface area contributed by atoms with Crippen molar-refractivity contribution in [2.24, 2.45) is 5.92 Å². The molecule has 36 heavy (non-hydrogen) atoms. The van der Waals surface area contributed by atoms with Crippen LogP contribution in [0, 0.1) is 12.8 Å². The molecule has 0 spiro atoms. The summed E-state index contributed by atoms with van der Waals surface area (Å²) < 4.78 is 7.76. The van der Waals surface area contributed by atoms with Crippen molar-refractivity contribution in [2.45, 2.75) is 65.4 Å². The first-order chi connectivity index (χ1) is 17.5. The fraction of sp³-hybridized carbons (Fsp3) is 0.429. The van der Waals surface area contributed by atoms with Crippen molar-refractivity contribution in [3.8, 4) is 0 Å². The number of tetrazole rings is 1. The molecule has 0 bridgehead atoms. The predicted octanol–water partition coefficient (Wildman–Crippen LogP) is 4.40. The second-order valence-electron chi connectivity index (χ2n) is 10.1. The maximum absolute atomic E-state index is 13.2. The third-order valence-corrected chi connectivity index (χ3v) is 6.93. The molecule has 2 aromatic heterocycles. The van der Waals surface area contributed by atoms with Crippen molar-refractivity contribution < 1.29 is 4.74 Å². The summed E-state index contributed by atoms with van der Waals surface area (Å²) in [6, 6.07) is 18.4. The van der Waals surface area contributed by atoms with Crippen LogP contribution in [0.1, 0.15) is 55.2 Å². The number of aryl methyl sites for hydroxylation is 1. The molecule has 3 heterocycles. The quantitative estimate of drug-likeness (QED) is 0.377. The number of H-pyrrole nitrogens is 1. The van der Waals surface area contributed by atoms with Gasteiger partial charge in [0.2, 0.25) is 0 Å². The van der Waals surface area contributed by atoms with Gasteiger partial charge in [-0.1, -0.05) is 56.3 Å². The number of hydrogen-bond donors (Lipinski definition) is 1. The highest BCUT2D eigenvalue weighted by atomic mass is 16.5. The van der Waals surface area contributed by atoms with E-state index in [1.807, 2.05) is 41.9 Å². The van der Waals surface area contributed by atoms with Crippen LogP contribution in [0.2, 0.25) is 0 Å². The number of benzene rings is 2. The Bertz CT molecular complexity index is 1360. The normalized spacial score (nSPS) is 16.9. The van der Waals surface area contributed by atoms with Gasteiger partial charge in [0.25, 0.3) is 5.56 Å². The number of rotatable bonds is 9. The minimum atomic E-state index is -0.0882. The summed E-state index contributed by atoms with van der Waals surface area (Å²) in [6.07, 6.45) is 2.22. The second kappa shape index (κ2) is 10.7. The van der Waals surface area contributed by atoms with Gasteiger partial charge >= 0.3 is 0 Å². The third kappa shape index (κ3) is 5.39. The fourth-order valence-electron chi connectivity index (χ4n) is 5.18. The van der Waals surface area contributed by atoms with E-state index in [1.54, 1.807) is 0 Å². The molecule has 0 saturated carbocycles. The molecular weight excluding hydrogens is 452 g/mol. The fourth-order valence-corrected chi connectivity index (χ4v) is 5.18. The van der Waals surface area contributed by atoms with Gasteiger partial charge < -0.3 is 9.72 Å². The van der Waals surface area contributed by atoms with Gasteiger partial charge in [-0.3, -0.25) is 9.69 Å². The highest BCUT2D eigenvalue weighted by molar-refractivity contribution is 5.79. The van der Waals surface area contributed by atoms with E-state index in [9.17, 15) is 4.79 Å². The molecule has 188 valence electrons. The van der Waals surface area contributed by atoms with Crippen LogP contribution in [0.25, 0.3) is 10.9 Å².